The molecule has 208 valence electrons. The number of imidazole rings is 1. The Morgan fingerprint density at radius 2 is 1.85 bits per heavy atom. The van der Waals surface area contributed by atoms with E-state index in [1.165, 1.54) is 23.5 Å². The summed E-state index contributed by atoms with van der Waals surface area (Å²) in [5, 5.41) is 15.5. The van der Waals surface area contributed by atoms with Gasteiger partial charge in [-0.05, 0) is 63.1 Å². The number of anilines is 3. The third-order valence-electron chi connectivity index (χ3n) is 7.74. The van der Waals surface area contributed by atoms with Gasteiger partial charge >= 0.3 is 0 Å². The Kier molecular flexibility index (Phi) is 7.16. The van der Waals surface area contributed by atoms with Crippen LogP contribution in [0.5, 0.6) is 0 Å². The molecular weight excluding hydrogens is 527 g/mol. The number of morpholine rings is 1. The molecule has 40 heavy (non-hydrogen) atoms. The van der Waals surface area contributed by atoms with Gasteiger partial charge in [0, 0.05) is 44.8 Å². The smallest absolute Gasteiger partial charge is 0.192 e. The largest absolute Gasteiger partial charge is 0.373 e. The minimum atomic E-state index is -0.326. The maximum absolute atomic E-state index is 13.5. The molecular formula is C29H33FN8OS. The predicted molar refractivity (Wildman–Crippen MR) is 155 cm³/mol. The molecule has 2 aliphatic heterocycles. The van der Waals surface area contributed by atoms with E-state index in [-0.39, 0.29) is 18.0 Å². The first-order chi connectivity index (χ1) is 19.3. The molecule has 3 aromatic heterocycles. The third kappa shape index (κ3) is 4.91. The summed E-state index contributed by atoms with van der Waals surface area (Å²) >= 11 is 1.30. The second-order valence-corrected chi connectivity index (χ2v) is 11.6. The zero-order valence-electron chi connectivity index (χ0n) is 23.2. The van der Waals surface area contributed by atoms with Crippen molar-refractivity contribution in [2.45, 2.75) is 51.9 Å². The van der Waals surface area contributed by atoms with Crippen LogP contribution in [0.1, 0.15) is 37.8 Å². The van der Waals surface area contributed by atoms with Gasteiger partial charge in [-0.3, -0.25) is 4.90 Å². The van der Waals surface area contributed by atoms with Gasteiger partial charge in [0.15, 0.2) is 16.6 Å². The van der Waals surface area contributed by atoms with Crippen molar-refractivity contribution in [3.63, 3.8) is 0 Å². The highest BCUT2D eigenvalue weighted by Gasteiger charge is 2.33. The Hall–Kier alpha value is -3.59. The summed E-state index contributed by atoms with van der Waals surface area (Å²) in [6.45, 7) is 10.2. The lowest BCUT2D eigenvalue weighted by atomic mass is 10.1. The third-order valence-corrected chi connectivity index (χ3v) is 8.77. The molecule has 0 N–H and O–H groups in total. The van der Waals surface area contributed by atoms with Crippen LogP contribution in [0.4, 0.5) is 21.2 Å². The van der Waals surface area contributed by atoms with Gasteiger partial charge in [0.1, 0.15) is 28.3 Å². The number of nitriles is 1. The molecule has 9 nitrogen and oxygen atoms in total. The summed E-state index contributed by atoms with van der Waals surface area (Å²) in [6.07, 6.45) is 2.32. The normalized spacial score (nSPS) is 21.7. The molecule has 1 aromatic carbocycles. The van der Waals surface area contributed by atoms with Crippen molar-refractivity contribution in [1.29, 1.82) is 5.26 Å². The highest BCUT2D eigenvalue weighted by Crippen LogP contribution is 2.37. The monoisotopic (exact) mass is 560 g/mol. The predicted octanol–water partition coefficient (Wildman–Crippen LogP) is 4.88. The van der Waals surface area contributed by atoms with E-state index >= 15 is 0 Å². The van der Waals surface area contributed by atoms with E-state index in [1.54, 1.807) is 12.1 Å². The van der Waals surface area contributed by atoms with Crippen LogP contribution in [0.25, 0.3) is 16.9 Å². The average Bonchev–Trinajstić information content (AvgIpc) is 3.69. The van der Waals surface area contributed by atoms with E-state index in [4.69, 9.17) is 19.8 Å². The molecule has 3 atom stereocenters. The number of aromatic nitrogens is 4. The fourth-order valence-corrected chi connectivity index (χ4v) is 6.73. The van der Waals surface area contributed by atoms with Gasteiger partial charge in [0.2, 0.25) is 0 Å². The second-order valence-electron chi connectivity index (χ2n) is 10.6. The molecule has 11 heteroatoms. The molecule has 0 bridgehead atoms. The topological polar surface area (TPSA) is 85.8 Å². The zero-order valence-corrected chi connectivity index (χ0v) is 24.0. The van der Waals surface area contributed by atoms with Crippen molar-refractivity contribution in [3.05, 3.63) is 52.8 Å². The van der Waals surface area contributed by atoms with Gasteiger partial charge in [-0.15, -0.1) is 5.10 Å². The number of fused-ring (bicyclic) bond motifs is 1. The van der Waals surface area contributed by atoms with Crippen molar-refractivity contribution < 1.29 is 9.13 Å². The minimum absolute atomic E-state index is 0.250. The Labute approximate surface area is 237 Å². The van der Waals surface area contributed by atoms with Crippen molar-refractivity contribution in [3.8, 4) is 17.3 Å². The molecule has 0 aliphatic carbocycles. The number of halogens is 1. The molecule has 2 aliphatic rings. The maximum Gasteiger partial charge on any atom is 0.192 e. The first kappa shape index (κ1) is 26.6. The van der Waals surface area contributed by atoms with Crippen LogP contribution < -0.4 is 9.80 Å². The molecule has 5 heterocycles. The first-order valence-electron chi connectivity index (χ1n) is 13.8. The quantitative estimate of drug-likeness (QED) is 0.330. The molecule has 0 spiro atoms. The average molecular weight is 561 g/mol. The van der Waals surface area contributed by atoms with Crippen molar-refractivity contribution >= 4 is 33.8 Å². The maximum atomic E-state index is 13.5. The van der Waals surface area contributed by atoms with Crippen LogP contribution in [0.3, 0.4) is 0 Å². The number of hydrogen-bond donors (Lipinski definition) is 0. The Balaban J connectivity index is 1.31. The Morgan fingerprint density at radius 3 is 2.55 bits per heavy atom. The van der Waals surface area contributed by atoms with E-state index in [2.05, 4.69) is 42.7 Å². The lowest BCUT2D eigenvalue weighted by Gasteiger charge is -2.38. The molecule has 2 fully saturated rings. The Morgan fingerprint density at radius 1 is 1.10 bits per heavy atom. The summed E-state index contributed by atoms with van der Waals surface area (Å²) in [7, 11) is 1.93. The van der Waals surface area contributed by atoms with Crippen molar-refractivity contribution in [1.82, 2.24) is 24.5 Å². The second kappa shape index (κ2) is 10.8. The van der Waals surface area contributed by atoms with E-state index < -0.39 is 0 Å². The van der Waals surface area contributed by atoms with Gasteiger partial charge < -0.3 is 14.5 Å². The van der Waals surface area contributed by atoms with E-state index in [1.807, 2.05) is 22.5 Å². The molecule has 0 saturated carbocycles. The standard InChI is InChI=1S/C29H33FN8OS/c1-5-23-28(35(4)29-33-27(24(14-31)40-29)20-6-8-21(30)9-7-20)38-25(32-23)10-11-26(34-38)36-13-12-22(17-36)37-15-18(2)39-19(3)16-37/h6-11,18-19,22H,5,12-13,15-17H2,1-4H3. The summed E-state index contributed by atoms with van der Waals surface area (Å²) in [5.74, 6) is 1.42. The number of rotatable bonds is 6. The van der Waals surface area contributed by atoms with Gasteiger partial charge in [0.25, 0.3) is 0 Å². The SMILES string of the molecule is CCc1nc2ccc(N3CCC(N4CC(C)OC(C)C4)C3)nn2c1N(C)c1nc(-c2ccc(F)cc2)c(C#N)s1. The fourth-order valence-electron chi connectivity index (χ4n) is 5.89. The van der Waals surface area contributed by atoms with Crippen LogP contribution >= 0.6 is 11.3 Å². The van der Waals surface area contributed by atoms with Gasteiger partial charge in [-0.1, -0.05) is 18.3 Å². The van der Waals surface area contributed by atoms with E-state index in [9.17, 15) is 9.65 Å². The number of hydrogen-bond acceptors (Lipinski definition) is 9. The molecule has 6 rings (SSSR count). The molecule has 3 unspecified atom stereocenters. The van der Waals surface area contributed by atoms with Crippen molar-refractivity contribution in [2.24, 2.45) is 0 Å². The van der Waals surface area contributed by atoms with Crippen LogP contribution in [-0.4, -0.2) is 76.0 Å². The summed E-state index contributed by atoms with van der Waals surface area (Å²) < 4.78 is 21.4. The number of thiazole rings is 1. The van der Waals surface area contributed by atoms with Crippen molar-refractivity contribution in [2.75, 3.05) is 43.0 Å². The van der Waals surface area contributed by atoms with E-state index in [0.717, 1.165) is 62.0 Å². The minimum Gasteiger partial charge on any atom is -0.373 e. The highest BCUT2D eigenvalue weighted by molar-refractivity contribution is 7.16. The lowest BCUT2D eigenvalue weighted by molar-refractivity contribution is -0.0779. The lowest BCUT2D eigenvalue weighted by Crippen LogP contribution is -2.50. The van der Waals surface area contributed by atoms with Crippen LogP contribution in [-0.2, 0) is 11.2 Å². The zero-order chi connectivity index (χ0) is 28.0. The number of ether oxygens (including phenoxy) is 1. The summed E-state index contributed by atoms with van der Waals surface area (Å²) in [6, 6.07) is 12.9. The summed E-state index contributed by atoms with van der Waals surface area (Å²) in [5.41, 5.74) is 2.92. The Bertz CT molecular complexity index is 1550. The molecule has 0 radical (unpaired) electrons. The van der Waals surface area contributed by atoms with E-state index in [0.29, 0.717) is 27.3 Å². The number of aryl methyl sites for hydroxylation is 1. The van der Waals surface area contributed by atoms with Crippen LogP contribution in [0.15, 0.2) is 36.4 Å². The van der Waals surface area contributed by atoms with Gasteiger partial charge in [0.05, 0.1) is 17.9 Å². The fraction of sp³-hybridized carbons (Fsp3) is 0.448. The van der Waals surface area contributed by atoms with Crippen LogP contribution in [0, 0.1) is 17.1 Å². The molecule has 0 amide bonds. The highest BCUT2D eigenvalue weighted by atomic mass is 32.1. The van der Waals surface area contributed by atoms with Crippen LogP contribution in [0.2, 0.25) is 0 Å². The number of nitrogens with zero attached hydrogens (tertiary/aromatic N) is 8. The molecule has 2 saturated heterocycles. The van der Waals surface area contributed by atoms with Gasteiger partial charge in [-0.2, -0.15) is 9.78 Å². The molecule has 4 aromatic rings. The number of benzene rings is 1. The first-order valence-corrected chi connectivity index (χ1v) is 14.6. The van der Waals surface area contributed by atoms with Gasteiger partial charge in [-0.25, -0.2) is 14.4 Å². The summed E-state index contributed by atoms with van der Waals surface area (Å²) in [4.78, 5) is 17.0.